The van der Waals surface area contributed by atoms with Crippen LogP contribution in [0.4, 0.5) is 13.2 Å². The molecule has 156 valence electrons. The Balaban J connectivity index is 2.60. The highest BCUT2D eigenvalue weighted by Gasteiger charge is 2.33. The lowest BCUT2D eigenvalue weighted by Crippen LogP contribution is -2.15. The number of unbranched alkanes of at least 4 members (excludes halogenated alkanes) is 7. The van der Waals surface area contributed by atoms with Gasteiger partial charge < -0.3 is 4.74 Å². The summed E-state index contributed by atoms with van der Waals surface area (Å²) in [7, 11) is 0. The summed E-state index contributed by atoms with van der Waals surface area (Å²) in [4.78, 5) is 23.9. The van der Waals surface area contributed by atoms with E-state index in [0.717, 1.165) is 38.3 Å². The molecule has 28 heavy (non-hydrogen) atoms. The zero-order valence-electron chi connectivity index (χ0n) is 16.6. The quantitative estimate of drug-likeness (QED) is 0.135. The van der Waals surface area contributed by atoms with Gasteiger partial charge in [0.15, 0.2) is 5.78 Å². The van der Waals surface area contributed by atoms with Crippen molar-refractivity contribution in [2.45, 2.75) is 71.4 Å². The van der Waals surface area contributed by atoms with Crippen LogP contribution in [-0.4, -0.2) is 18.4 Å². The van der Waals surface area contributed by atoms with Crippen molar-refractivity contribution in [2.24, 2.45) is 0 Å². The van der Waals surface area contributed by atoms with Crippen molar-refractivity contribution in [1.29, 1.82) is 0 Å². The summed E-state index contributed by atoms with van der Waals surface area (Å²) < 4.78 is 44.4. The molecule has 0 fully saturated rings. The molecule has 0 spiro atoms. The molecule has 0 aliphatic heterocycles. The molecule has 0 aliphatic carbocycles. The van der Waals surface area contributed by atoms with E-state index in [1.807, 2.05) is 0 Å². The summed E-state index contributed by atoms with van der Waals surface area (Å²) in [5.41, 5.74) is -1.51. The summed E-state index contributed by atoms with van der Waals surface area (Å²) in [5, 5.41) is 0. The first kappa shape index (κ1) is 23.9. The Morgan fingerprint density at radius 1 is 0.964 bits per heavy atom. The van der Waals surface area contributed by atoms with Gasteiger partial charge in [0, 0.05) is 0 Å². The minimum Gasteiger partial charge on any atom is -0.462 e. The van der Waals surface area contributed by atoms with E-state index >= 15 is 0 Å². The molecular formula is C22H29F3O3. The molecule has 0 N–H and O–H groups in total. The molecule has 0 aromatic heterocycles. The molecule has 3 nitrogen and oxygen atoms in total. The Kier molecular flexibility index (Phi) is 10.6. The maximum Gasteiger partial charge on any atom is 0.416 e. The van der Waals surface area contributed by atoms with Crippen molar-refractivity contribution in [3.05, 3.63) is 41.0 Å². The summed E-state index contributed by atoms with van der Waals surface area (Å²) in [6.07, 6.45) is 5.04. The highest BCUT2D eigenvalue weighted by Crippen LogP contribution is 2.33. The number of carbonyl (C=O) groups is 2. The Morgan fingerprint density at radius 2 is 1.54 bits per heavy atom. The largest absolute Gasteiger partial charge is 0.462 e. The van der Waals surface area contributed by atoms with Gasteiger partial charge in [-0.3, -0.25) is 4.79 Å². The fraction of sp³-hybridized carbons (Fsp3) is 0.545. The van der Waals surface area contributed by atoms with Gasteiger partial charge in [0.05, 0.1) is 12.2 Å². The molecule has 0 amide bonds. The highest BCUT2D eigenvalue weighted by molar-refractivity contribution is 6.19. The van der Waals surface area contributed by atoms with E-state index in [2.05, 4.69) is 6.92 Å². The van der Waals surface area contributed by atoms with Crippen molar-refractivity contribution in [3.8, 4) is 0 Å². The Bertz CT molecular complexity index is 663. The molecule has 6 heteroatoms. The third-order valence-electron chi connectivity index (χ3n) is 4.40. The van der Waals surface area contributed by atoms with Crippen LogP contribution in [0.1, 0.15) is 76.3 Å². The number of rotatable bonds is 12. The number of hydrogen-bond donors (Lipinski definition) is 0. The molecule has 1 aromatic rings. The molecule has 1 rings (SSSR count). The minimum absolute atomic E-state index is 0.152. The van der Waals surface area contributed by atoms with Crippen LogP contribution in [0.2, 0.25) is 0 Å². The molecule has 0 radical (unpaired) electrons. The van der Waals surface area contributed by atoms with Gasteiger partial charge in [0.2, 0.25) is 0 Å². The van der Waals surface area contributed by atoms with E-state index in [1.165, 1.54) is 43.9 Å². The average molecular weight is 398 g/mol. The van der Waals surface area contributed by atoms with Crippen LogP contribution in [-0.2, 0) is 20.5 Å². The van der Waals surface area contributed by atoms with Crippen LogP contribution in [0, 0.1) is 0 Å². The van der Waals surface area contributed by atoms with E-state index < -0.39 is 23.5 Å². The van der Waals surface area contributed by atoms with Crippen LogP contribution in [0.25, 0.3) is 6.08 Å². The summed E-state index contributed by atoms with van der Waals surface area (Å²) in [6, 6.07) is 4.81. The molecule has 0 atom stereocenters. The maximum atomic E-state index is 13.1. The van der Waals surface area contributed by atoms with Crippen molar-refractivity contribution >= 4 is 17.8 Å². The lowest BCUT2D eigenvalue weighted by molar-refractivity contribution is -0.141. The molecule has 0 saturated carbocycles. The highest BCUT2D eigenvalue weighted by atomic mass is 19.4. The van der Waals surface area contributed by atoms with E-state index in [9.17, 15) is 22.8 Å². The standard InChI is InChI=1S/C22H29F3O3/c1-3-4-5-6-7-8-9-12-15-28-21(27)19(17(2)26)16-18-13-10-11-14-20(18)22(23,24)25/h10-11,13-14,16H,3-9,12,15H2,1-2H3. The van der Waals surface area contributed by atoms with E-state index in [4.69, 9.17) is 4.74 Å². The summed E-state index contributed by atoms with van der Waals surface area (Å²) in [5.74, 6) is -1.51. The van der Waals surface area contributed by atoms with Gasteiger partial charge in [-0.05, 0) is 31.1 Å². The van der Waals surface area contributed by atoms with Crippen molar-refractivity contribution in [1.82, 2.24) is 0 Å². The third-order valence-corrected chi connectivity index (χ3v) is 4.40. The summed E-state index contributed by atoms with van der Waals surface area (Å²) >= 11 is 0. The zero-order valence-corrected chi connectivity index (χ0v) is 16.6. The fourth-order valence-electron chi connectivity index (χ4n) is 2.82. The number of esters is 1. The van der Waals surface area contributed by atoms with E-state index in [-0.39, 0.29) is 17.7 Å². The first-order chi connectivity index (χ1) is 13.3. The van der Waals surface area contributed by atoms with Crippen molar-refractivity contribution in [3.63, 3.8) is 0 Å². The number of ether oxygens (including phenoxy) is 1. The number of alkyl halides is 3. The smallest absolute Gasteiger partial charge is 0.416 e. The topological polar surface area (TPSA) is 43.4 Å². The van der Waals surface area contributed by atoms with Gasteiger partial charge in [-0.2, -0.15) is 13.2 Å². The summed E-state index contributed by atoms with van der Waals surface area (Å²) in [6.45, 7) is 3.46. The van der Waals surface area contributed by atoms with Crippen LogP contribution < -0.4 is 0 Å². The van der Waals surface area contributed by atoms with Crippen LogP contribution in [0.15, 0.2) is 29.8 Å². The maximum absolute atomic E-state index is 13.1. The SMILES string of the molecule is CCCCCCCCCCOC(=O)C(=Cc1ccccc1C(F)(F)F)C(C)=O. The Hall–Kier alpha value is -2.11. The number of Topliss-reactive ketones (excluding diaryl/α,β-unsaturated/α-hetero) is 1. The van der Waals surface area contributed by atoms with Crippen LogP contribution in [0.5, 0.6) is 0 Å². The van der Waals surface area contributed by atoms with Gasteiger partial charge in [0.25, 0.3) is 0 Å². The molecule has 1 aromatic carbocycles. The molecule has 0 saturated heterocycles. The van der Waals surface area contributed by atoms with Crippen molar-refractivity contribution in [2.75, 3.05) is 6.61 Å². The Morgan fingerprint density at radius 3 is 2.11 bits per heavy atom. The predicted octanol–water partition coefficient (Wildman–Crippen LogP) is 6.36. The Labute approximate surface area is 165 Å². The van der Waals surface area contributed by atoms with Gasteiger partial charge in [-0.25, -0.2) is 4.79 Å². The van der Waals surface area contributed by atoms with Crippen LogP contribution >= 0.6 is 0 Å². The monoisotopic (exact) mass is 398 g/mol. The normalized spacial score (nSPS) is 12.1. The van der Waals surface area contributed by atoms with Gasteiger partial charge in [0.1, 0.15) is 5.57 Å². The number of carbonyl (C=O) groups excluding carboxylic acids is 2. The number of halogens is 3. The zero-order chi connectivity index (χ0) is 21.0. The van der Waals surface area contributed by atoms with E-state index in [0.29, 0.717) is 6.42 Å². The van der Waals surface area contributed by atoms with Gasteiger partial charge in [-0.15, -0.1) is 0 Å². The number of ketones is 1. The fourth-order valence-corrected chi connectivity index (χ4v) is 2.82. The van der Waals surface area contributed by atoms with Crippen LogP contribution in [0.3, 0.4) is 0 Å². The lowest BCUT2D eigenvalue weighted by Gasteiger charge is -2.11. The molecular weight excluding hydrogens is 369 g/mol. The molecule has 0 heterocycles. The molecule has 0 bridgehead atoms. The van der Waals surface area contributed by atoms with Gasteiger partial charge in [-0.1, -0.05) is 70.1 Å². The van der Waals surface area contributed by atoms with Crippen molar-refractivity contribution < 1.29 is 27.5 Å². The average Bonchev–Trinajstić information content (AvgIpc) is 2.63. The van der Waals surface area contributed by atoms with Gasteiger partial charge >= 0.3 is 12.1 Å². The number of hydrogen-bond acceptors (Lipinski definition) is 3. The first-order valence-electron chi connectivity index (χ1n) is 9.83. The second kappa shape index (κ2) is 12.4. The first-order valence-corrected chi connectivity index (χ1v) is 9.83. The molecule has 0 unspecified atom stereocenters. The lowest BCUT2D eigenvalue weighted by atomic mass is 10.0. The number of benzene rings is 1. The third kappa shape index (κ3) is 8.72. The predicted molar refractivity (Wildman–Crippen MR) is 104 cm³/mol. The molecule has 0 aliphatic rings. The van der Waals surface area contributed by atoms with E-state index in [1.54, 1.807) is 0 Å². The second-order valence-electron chi connectivity index (χ2n) is 6.81. The minimum atomic E-state index is -4.57. The second-order valence-corrected chi connectivity index (χ2v) is 6.81.